The zero-order chi connectivity index (χ0) is 22.0. The highest BCUT2D eigenvalue weighted by atomic mass is 19.4. The minimum absolute atomic E-state index is 0.100. The number of hydrogen-bond acceptors (Lipinski definition) is 5. The van der Waals surface area contributed by atoms with Gasteiger partial charge in [0.2, 0.25) is 5.91 Å². The van der Waals surface area contributed by atoms with E-state index in [1.807, 2.05) is 0 Å². The number of carbonyl (C=O) groups excluding carboxylic acids is 2. The maximum absolute atomic E-state index is 12.9. The van der Waals surface area contributed by atoms with Crippen molar-refractivity contribution in [3.05, 3.63) is 23.8 Å². The normalized spacial score (nSPS) is 36.6. The van der Waals surface area contributed by atoms with Crippen LogP contribution >= 0.6 is 0 Å². The summed E-state index contributed by atoms with van der Waals surface area (Å²) in [5, 5.41) is 0. The Hall–Kier alpha value is -2.39. The summed E-state index contributed by atoms with van der Waals surface area (Å²) in [6.07, 6.45) is 0.490. The molecule has 7 nitrogen and oxygen atoms in total. The van der Waals surface area contributed by atoms with Crippen LogP contribution in [0.1, 0.15) is 56.0 Å². The van der Waals surface area contributed by atoms with Gasteiger partial charge in [0.25, 0.3) is 0 Å². The fourth-order valence-electron chi connectivity index (χ4n) is 6.53. The van der Waals surface area contributed by atoms with Gasteiger partial charge in [0, 0.05) is 25.2 Å². The molecule has 6 rings (SSSR count). The third-order valence-corrected chi connectivity index (χ3v) is 7.72. The van der Waals surface area contributed by atoms with Crippen LogP contribution in [0.15, 0.2) is 12.3 Å². The highest BCUT2D eigenvalue weighted by molar-refractivity contribution is 5.81. The van der Waals surface area contributed by atoms with Gasteiger partial charge in [-0.2, -0.15) is 13.2 Å². The Morgan fingerprint density at radius 1 is 1.19 bits per heavy atom. The Bertz CT molecular complexity index is 892. The number of ether oxygens (including phenoxy) is 1. The number of likely N-dealkylation sites (tertiary alicyclic amines) is 1. The number of aromatic nitrogens is 2. The summed E-state index contributed by atoms with van der Waals surface area (Å²) in [5.74, 6) is 0.268. The first-order chi connectivity index (χ1) is 14.6. The van der Waals surface area contributed by atoms with Gasteiger partial charge in [0.1, 0.15) is 17.6 Å². The number of hydrogen-bond donors (Lipinski definition) is 1. The molecule has 1 saturated heterocycles. The molecule has 4 aliphatic carbocycles. The molecule has 2 heterocycles. The van der Waals surface area contributed by atoms with Gasteiger partial charge in [-0.05, 0) is 62.3 Å². The van der Waals surface area contributed by atoms with E-state index in [-0.39, 0.29) is 42.1 Å². The molecule has 1 unspecified atom stereocenters. The van der Waals surface area contributed by atoms with Crippen LogP contribution in [0.25, 0.3) is 0 Å². The Morgan fingerprint density at radius 2 is 1.90 bits per heavy atom. The molecule has 1 aromatic rings. The molecule has 5 fully saturated rings. The van der Waals surface area contributed by atoms with Crippen LogP contribution in [-0.4, -0.2) is 46.1 Å². The van der Waals surface area contributed by atoms with Crippen LogP contribution in [-0.2, 0) is 15.7 Å². The number of alkyl halides is 3. The maximum Gasteiger partial charge on any atom is 0.433 e. The van der Waals surface area contributed by atoms with Gasteiger partial charge in [0.15, 0.2) is 0 Å². The molecule has 4 bridgehead atoms. The molecule has 0 spiro atoms. The van der Waals surface area contributed by atoms with Crippen LogP contribution < -0.4 is 5.73 Å². The molecule has 4 saturated carbocycles. The van der Waals surface area contributed by atoms with Gasteiger partial charge >= 0.3 is 12.3 Å². The average molecular weight is 438 g/mol. The van der Waals surface area contributed by atoms with Crippen LogP contribution in [0.4, 0.5) is 18.0 Å². The fraction of sp³-hybridized carbons (Fsp3) is 0.714. The predicted molar refractivity (Wildman–Crippen MR) is 101 cm³/mol. The van der Waals surface area contributed by atoms with Crippen molar-refractivity contribution in [3.8, 4) is 0 Å². The largest absolute Gasteiger partial charge is 0.446 e. The minimum atomic E-state index is -4.53. The van der Waals surface area contributed by atoms with E-state index in [2.05, 4.69) is 9.97 Å². The van der Waals surface area contributed by atoms with Gasteiger partial charge in [-0.3, -0.25) is 4.79 Å². The van der Waals surface area contributed by atoms with Crippen molar-refractivity contribution in [2.75, 3.05) is 13.1 Å². The molecule has 1 aromatic heterocycles. The first-order valence-corrected chi connectivity index (χ1v) is 10.8. The Labute approximate surface area is 177 Å². The summed E-state index contributed by atoms with van der Waals surface area (Å²) >= 11 is 0. The zero-order valence-electron chi connectivity index (χ0n) is 17.0. The predicted octanol–water partition coefficient (Wildman–Crippen LogP) is 3.10. The van der Waals surface area contributed by atoms with Crippen molar-refractivity contribution >= 4 is 12.0 Å². The quantitative estimate of drug-likeness (QED) is 0.782. The van der Waals surface area contributed by atoms with E-state index >= 15 is 0 Å². The van der Waals surface area contributed by atoms with Gasteiger partial charge < -0.3 is 15.4 Å². The number of nitrogens with zero attached hydrogens (tertiary/aromatic N) is 3. The number of nitrogens with two attached hydrogens (primary N) is 1. The molecule has 168 valence electrons. The van der Waals surface area contributed by atoms with Crippen LogP contribution in [0.5, 0.6) is 0 Å². The van der Waals surface area contributed by atoms with Crippen molar-refractivity contribution in [3.63, 3.8) is 0 Å². The molecule has 5 aliphatic rings. The lowest BCUT2D eigenvalue weighted by atomic mass is 9.48. The van der Waals surface area contributed by atoms with Crippen LogP contribution in [0, 0.1) is 23.2 Å². The summed E-state index contributed by atoms with van der Waals surface area (Å²) in [6, 6.07) is 0.843. The molecular formula is C21H25F3N4O3. The van der Waals surface area contributed by atoms with Crippen molar-refractivity contribution in [2.24, 2.45) is 28.9 Å². The van der Waals surface area contributed by atoms with E-state index in [1.54, 1.807) is 0 Å². The molecule has 3 atom stereocenters. The smallest absolute Gasteiger partial charge is 0.433 e. The third kappa shape index (κ3) is 3.53. The third-order valence-electron chi connectivity index (χ3n) is 7.72. The van der Waals surface area contributed by atoms with Gasteiger partial charge in [0.05, 0.1) is 5.41 Å². The molecule has 0 aromatic carbocycles. The van der Waals surface area contributed by atoms with E-state index < -0.39 is 23.4 Å². The van der Waals surface area contributed by atoms with Crippen molar-refractivity contribution < 1.29 is 27.5 Å². The maximum atomic E-state index is 12.9. The van der Waals surface area contributed by atoms with Crippen molar-refractivity contribution in [2.45, 2.75) is 56.7 Å². The Morgan fingerprint density at radius 3 is 2.55 bits per heavy atom. The summed E-state index contributed by atoms with van der Waals surface area (Å²) in [7, 11) is 0. The molecular weight excluding hydrogens is 413 g/mol. The summed E-state index contributed by atoms with van der Waals surface area (Å²) in [5.41, 5.74) is 4.29. The van der Waals surface area contributed by atoms with E-state index in [1.165, 1.54) is 4.90 Å². The second kappa shape index (κ2) is 7.06. The number of primary amides is 1. The molecule has 2 N–H and O–H groups in total. The fourth-order valence-corrected chi connectivity index (χ4v) is 6.53. The summed E-state index contributed by atoms with van der Waals surface area (Å²) in [4.78, 5) is 34.1. The Balaban J connectivity index is 1.23. The van der Waals surface area contributed by atoms with E-state index in [4.69, 9.17) is 10.5 Å². The van der Waals surface area contributed by atoms with Gasteiger partial charge in [-0.25, -0.2) is 14.8 Å². The SMILES string of the molecule is NC(=O)C12CC3C[C@H](C1)C(OC(=O)N1CCC(c4nccc(C(F)(F)F)n4)C1)[C@H](C3)C2. The first-order valence-electron chi connectivity index (χ1n) is 10.8. The van der Waals surface area contributed by atoms with Crippen LogP contribution in [0.2, 0.25) is 0 Å². The van der Waals surface area contributed by atoms with Crippen molar-refractivity contribution in [1.29, 1.82) is 0 Å². The highest BCUT2D eigenvalue weighted by Crippen LogP contribution is 2.60. The standard InChI is InChI=1S/C21H25F3N4O3/c22-21(23,24)15-1-3-26-17(27-15)12-2-4-28(10-12)19(30)31-16-13-5-11-6-14(16)9-20(7-11,8-13)18(25)29/h1,3,11-14,16H,2,4-10H2,(H2,25,29)/t11?,12?,13-,14-,16?,20?/m1/s1. The second-order valence-corrected chi connectivity index (χ2v) is 9.69. The summed E-state index contributed by atoms with van der Waals surface area (Å²) < 4.78 is 44.7. The lowest BCUT2D eigenvalue weighted by Crippen LogP contribution is -2.59. The lowest BCUT2D eigenvalue weighted by Gasteiger charge is -2.58. The van der Waals surface area contributed by atoms with Gasteiger partial charge in [-0.15, -0.1) is 0 Å². The monoisotopic (exact) mass is 438 g/mol. The molecule has 10 heteroatoms. The number of carbonyl (C=O) groups is 2. The van der Waals surface area contributed by atoms with Crippen molar-refractivity contribution in [1.82, 2.24) is 14.9 Å². The number of halogens is 3. The van der Waals surface area contributed by atoms with Crippen LogP contribution in [0.3, 0.4) is 0 Å². The summed E-state index contributed by atoms with van der Waals surface area (Å²) in [6.45, 7) is 0.620. The van der Waals surface area contributed by atoms with E-state index in [9.17, 15) is 22.8 Å². The van der Waals surface area contributed by atoms with E-state index in [0.29, 0.717) is 31.7 Å². The molecule has 31 heavy (non-hydrogen) atoms. The average Bonchev–Trinajstić information content (AvgIpc) is 3.20. The number of amides is 2. The second-order valence-electron chi connectivity index (χ2n) is 9.69. The Kier molecular flexibility index (Phi) is 4.67. The molecule has 2 amide bonds. The minimum Gasteiger partial charge on any atom is -0.446 e. The topological polar surface area (TPSA) is 98.4 Å². The highest BCUT2D eigenvalue weighted by Gasteiger charge is 2.59. The molecule has 0 radical (unpaired) electrons. The first kappa shape index (κ1) is 20.5. The zero-order valence-corrected chi connectivity index (χ0v) is 17.0. The molecule has 1 aliphatic heterocycles. The number of rotatable bonds is 3. The lowest BCUT2D eigenvalue weighted by molar-refractivity contribution is -0.161. The van der Waals surface area contributed by atoms with Gasteiger partial charge in [-0.1, -0.05) is 0 Å². The van der Waals surface area contributed by atoms with E-state index in [0.717, 1.165) is 31.5 Å².